The minimum Gasteiger partial charge on any atom is -0.467 e. The average molecular weight is 581 g/mol. The van der Waals surface area contributed by atoms with Gasteiger partial charge in [0.2, 0.25) is 28.7 Å². The maximum Gasteiger partial charge on any atom is 0.328 e. The summed E-state index contributed by atoms with van der Waals surface area (Å²) in [5.41, 5.74) is 5.08. The van der Waals surface area contributed by atoms with Crippen LogP contribution in [0.1, 0.15) is 40.5 Å². The molecule has 17 heteroatoms. The number of esters is 1. The Morgan fingerprint density at radius 1 is 1.10 bits per heavy atom. The van der Waals surface area contributed by atoms with E-state index in [1.54, 1.807) is 0 Å². The molecule has 0 aliphatic carbocycles. The first kappa shape index (κ1) is 34.2. The Bertz CT molecular complexity index is 937. The van der Waals surface area contributed by atoms with Gasteiger partial charge in [-0.1, -0.05) is 0 Å². The molecule has 1 aliphatic heterocycles. The second-order valence-electron chi connectivity index (χ2n) is 8.79. The van der Waals surface area contributed by atoms with Crippen LogP contribution in [0.25, 0.3) is 0 Å². The van der Waals surface area contributed by atoms with E-state index in [4.69, 9.17) is 15.2 Å². The van der Waals surface area contributed by atoms with Gasteiger partial charge in [-0.15, -0.1) is 0 Å². The molecule has 1 heterocycles. The molecule has 0 radical (unpaired) electrons. The number of aliphatic hydroxyl groups excluding tert-OH is 2. The van der Waals surface area contributed by atoms with Crippen molar-refractivity contribution in [2.45, 2.75) is 88.2 Å². The normalized spacial score (nSPS) is 26.9. The highest BCUT2D eigenvalue weighted by Crippen LogP contribution is 2.38. The number of rotatable bonds is 13. The molecule has 0 aromatic heterocycles. The second kappa shape index (κ2) is 15.1. The van der Waals surface area contributed by atoms with E-state index >= 15 is 0 Å². The number of primary amides is 1. The van der Waals surface area contributed by atoms with Crippen molar-refractivity contribution in [2.75, 3.05) is 13.7 Å². The van der Waals surface area contributed by atoms with Gasteiger partial charge in [-0.05, 0) is 32.0 Å². The number of nitrogens with one attached hydrogen (secondary N) is 3. The smallest absolute Gasteiger partial charge is 0.328 e. The Morgan fingerprint density at radius 2 is 1.72 bits per heavy atom. The first-order valence-corrected chi connectivity index (χ1v) is 12.7. The van der Waals surface area contributed by atoms with Crippen molar-refractivity contribution in [3.63, 3.8) is 0 Å². The van der Waals surface area contributed by atoms with Crippen molar-refractivity contribution in [3.05, 3.63) is 0 Å². The van der Waals surface area contributed by atoms with E-state index in [0.717, 1.165) is 21.0 Å². The van der Waals surface area contributed by atoms with Crippen molar-refractivity contribution in [1.82, 2.24) is 16.0 Å². The molecule has 1 unspecified atom stereocenters. The average Bonchev–Trinajstić information content (AvgIpc) is 2.84. The highest BCUT2D eigenvalue weighted by molar-refractivity contribution is 8.14. The number of ether oxygens (including phenoxy) is 3. The Balaban J connectivity index is 3.03. The number of nitrogens with two attached hydrogens (primary N) is 1. The van der Waals surface area contributed by atoms with Gasteiger partial charge in [0.05, 0.1) is 13.7 Å². The molecule has 0 aromatic carbocycles. The number of carbonyl (C=O) groups is 6. The van der Waals surface area contributed by atoms with Crippen molar-refractivity contribution in [2.24, 2.45) is 5.73 Å². The molecule has 8 atom stereocenters. The summed E-state index contributed by atoms with van der Waals surface area (Å²) in [6.45, 7) is 3.97. The zero-order chi connectivity index (χ0) is 30.1. The van der Waals surface area contributed by atoms with E-state index in [2.05, 4.69) is 20.7 Å². The van der Waals surface area contributed by atoms with Crippen LogP contribution in [0.4, 0.5) is 0 Å². The van der Waals surface area contributed by atoms with Gasteiger partial charge < -0.3 is 51.2 Å². The highest BCUT2D eigenvalue weighted by Gasteiger charge is 2.56. The third-order valence-electron chi connectivity index (χ3n) is 5.55. The molecule has 1 rings (SSSR count). The van der Waals surface area contributed by atoms with Gasteiger partial charge in [0.15, 0.2) is 5.12 Å². The van der Waals surface area contributed by atoms with Crippen LogP contribution < -0.4 is 21.7 Å². The summed E-state index contributed by atoms with van der Waals surface area (Å²) in [5.74, 6) is -3.88. The van der Waals surface area contributed by atoms with Crippen LogP contribution in [0.3, 0.4) is 0 Å². The van der Waals surface area contributed by atoms with Crippen LogP contribution in [0.2, 0.25) is 0 Å². The number of aliphatic hydroxyl groups is 3. The van der Waals surface area contributed by atoms with Gasteiger partial charge in [0.1, 0.15) is 42.5 Å². The van der Waals surface area contributed by atoms with Crippen LogP contribution >= 0.6 is 11.8 Å². The van der Waals surface area contributed by atoms with Crippen molar-refractivity contribution < 1.29 is 58.3 Å². The number of hydrogen-bond acceptors (Lipinski definition) is 13. The second-order valence-corrected chi connectivity index (χ2v) is 10.2. The molecule has 39 heavy (non-hydrogen) atoms. The van der Waals surface area contributed by atoms with E-state index in [1.165, 1.54) is 13.8 Å². The van der Waals surface area contributed by atoms with Crippen LogP contribution in [0, 0.1) is 0 Å². The zero-order valence-electron chi connectivity index (χ0n) is 22.2. The van der Waals surface area contributed by atoms with E-state index in [-0.39, 0.29) is 24.6 Å². The monoisotopic (exact) mass is 580 g/mol. The van der Waals surface area contributed by atoms with Crippen molar-refractivity contribution >= 4 is 46.5 Å². The number of methoxy groups -OCH3 is 1. The number of hydrogen-bond donors (Lipinski definition) is 7. The zero-order valence-corrected chi connectivity index (χ0v) is 23.0. The third-order valence-corrected chi connectivity index (χ3v) is 6.48. The van der Waals surface area contributed by atoms with Crippen molar-refractivity contribution in [3.8, 4) is 0 Å². The molecule has 1 fully saturated rings. The fourth-order valence-electron chi connectivity index (χ4n) is 3.63. The standard InChI is InChI=1S/C22H36N4O12S/c1-9(19(32)26-13(21(34)36-5)6-7-15(23)30)24-20(33)10(2)37-17-16(31)14(8-27)38-22(35,39-12(4)29)18(17)25-11(3)28/h9-10,13-14,16-18,27,31,35H,6-8H2,1-5H3,(H2,23,30)(H,24,33)(H,25,28)(H,26,32)/t9-,10+,13+,14+,16+,17-,18+,22?/m0/s1. The summed E-state index contributed by atoms with van der Waals surface area (Å²) in [6.07, 6.45) is -6.43. The minimum absolute atomic E-state index is 0.132. The summed E-state index contributed by atoms with van der Waals surface area (Å²) in [7, 11) is 1.09. The van der Waals surface area contributed by atoms with Gasteiger partial charge in [-0.25, -0.2) is 4.79 Å². The number of thioether (sulfide) groups is 1. The quantitative estimate of drug-likeness (QED) is 0.0821. The van der Waals surface area contributed by atoms with Gasteiger partial charge >= 0.3 is 5.97 Å². The van der Waals surface area contributed by atoms with Crippen LogP contribution in [-0.4, -0.2) is 111 Å². The Hall–Kier alpha value is -2.83. The van der Waals surface area contributed by atoms with Crippen LogP contribution in [-0.2, 0) is 43.0 Å². The molecule has 1 aliphatic rings. The van der Waals surface area contributed by atoms with Crippen molar-refractivity contribution in [1.29, 1.82) is 0 Å². The topological polar surface area (TPSA) is 253 Å². The Morgan fingerprint density at radius 3 is 2.21 bits per heavy atom. The first-order chi connectivity index (χ1) is 18.1. The summed E-state index contributed by atoms with van der Waals surface area (Å²) in [4.78, 5) is 71.9. The molecule has 0 aromatic rings. The van der Waals surface area contributed by atoms with Gasteiger partial charge in [-0.3, -0.25) is 24.0 Å². The number of amides is 4. The largest absolute Gasteiger partial charge is 0.467 e. The molecular weight excluding hydrogens is 544 g/mol. The van der Waals surface area contributed by atoms with E-state index < -0.39 is 89.0 Å². The van der Waals surface area contributed by atoms with E-state index in [9.17, 15) is 44.1 Å². The van der Waals surface area contributed by atoms with Gasteiger partial charge in [0, 0.05) is 20.3 Å². The minimum atomic E-state index is -2.47. The SMILES string of the molecule is COC(=O)[C@@H](CCC(N)=O)NC(=O)[C@H](C)NC(=O)[C@@H](C)O[C@H]1[C@H](O)[C@@H](CO)OC(O)(SC(C)=O)[C@@H]1NC(C)=O. The molecule has 4 amide bonds. The summed E-state index contributed by atoms with van der Waals surface area (Å²) >= 11 is 0.276. The lowest BCUT2D eigenvalue weighted by Gasteiger charge is -2.48. The molecule has 16 nitrogen and oxygen atoms in total. The van der Waals surface area contributed by atoms with E-state index in [1.807, 2.05) is 0 Å². The molecule has 0 saturated carbocycles. The fourth-order valence-corrected chi connectivity index (χ4v) is 4.54. The lowest BCUT2D eigenvalue weighted by molar-refractivity contribution is -0.283. The summed E-state index contributed by atoms with van der Waals surface area (Å²) < 4.78 is 15.6. The lowest BCUT2D eigenvalue weighted by atomic mass is 9.96. The molecule has 0 bridgehead atoms. The lowest BCUT2D eigenvalue weighted by Crippen LogP contribution is -2.70. The molecule has 1 saturated heterocycles. The molecule has 0 spiro atoms. The predicted molar refractivity (Wildman–Crippen MR) is 133 cm³/mol. The van der Waals surface area contributed by atoms with E-state index in [0.29, 0.717) is 0 Å². The predicted octanol–water partition coefficient (Wildman–Crippen LogP) is -3.63. The van der Waals surface area contributed by atoms with Crippen LogP contribution in [0.5, 0.6) is 0 Å². The summed E-state index contributed by atoms with van der Waals surface area (Å²) in [6, 6.07) is -3.99. The summed E-state index contributed by atoms with van der Waals surface area (Å²) in [5, 5.41) is 35.3. The molecular formula is C22H36N4O12S. The molecule has 222 valence electrons. The highest BCUT2D eigenvalue weighted by atomic mass is 32.2. The Labute approximate surface area is 228 Å². The third kappa shape index (κ3) is 10.0. The maximum absolute atomic E-state index is 12.8. The fraction of sp³-hybridized carbons (Fsp3) is 0.727. The van der Waals surface area contributed by atoms with Crippen LogP contribution in [0.15, 0.2) is 0 Å². The number of carbonyl (C=O) groups excluding carboxylic acids is 6. The Kier molecular flexibility index (Phi) is 13.2. The molecule has 8 N–H and O–H groups in total. The van der Waals surface area contributed by atoms with Gasteiger partial charge in [-0.2, -0.15) is 0 Å². The van der Waals surface area contributed by atoms with Gasteiger partial charge in [0.25, 0.3) is 0 Å². The first-order valence-electron chi connectivity index (χ1n) is 11.8. The maximum atomic E-state index is 12.8.